The molecule has 0 atom stereocenters. The molecule has 0 unspecified atom stereocenters. The van der Waals surface area contributed by atoms with Gasteiger partial charge in [0.25, 0.3) is 5.91 Å². The minimum Gasteiger partial charge on any atom is -0.493 e. The van der Waals surface area contributed by atoms with Gasteiger partial charge in [-0.3, -0.25) is 9.69 Å². The molecule has 1 fully saturated rings. The molecule has 4 rings (SSSR count). The van der Waals surface area contributed by atoms with Gasteiger partial charge in [0, 0.05) is 0 Å². The van der Waals surface area contributed by atoms with E-state index in [1.807, 2.05) is 42.5 Å². The number of anilines is 1. The maximum absolute atomic E-state index is 13.1. The Morgan fingerprint density at radius 1 is 1.12 bits per heavy atom. The quantitative estimate of drug-likeness (QED) is 0.192. The summed E-state index contributed by atoms with van der Waals surface area (Å²) in [5.74, 6) is 0.690. The molecule has 0 aromatic heterocycles. The first-order chi connectivity index (χ1) is 15.5. The number of rotatable bonds is 6. The molecule has 0 N–H and O–H groups in total. The third-order valence-corrected chi connectivity index (χ3v) is 6.76. The minimum absolute atomic E-state index is 0.156. The van der Waals surface area contributed by atoms with Gasteiger partial charge >= 0.3 is 0 Å². The third kappa shape index (κ3) is 4.97. The number of halogens is 2. The fourth-order valence-corrected chi connectivity index (χ4v) is 5.20. The molecule has 0 aliphatic carbocycles. The summed E-state index contributed by atoms with van der Waals surface area (Å²) in [6.07, 6.45) is 1.80. The molecule has 4 nitrogen and oxygen atoms in total. The van der Waals surface area contributed by atoms with Crippen molar-refractivity contribution >= 4 is 68.6 Å². The van der Waals surface area contributed by atoms with Gasteiger partial charge in [-0.2, -0.15) is 0 Å². The molecule has 0 bridgehead atoms. The first-order valence-electron chi connectivity index (χ1n) is 9.54. The first kappa shape index (κ1) is 22.8. The van der Waals surface area contributed by atoms with Gasteiger partial charge in [-0.25, -0.2) is 4.39 Å². The fourth-order valence-electron chi connectivity index (χ4n) is 3.12. The van der Waals surface area contributed by atoms with Crippen LogP contribution in [-0.4, -0.2) is 17.3 Å². The first-order valence-corrected chi connectivity index (χ1v) is 11.8. The van der Waals surface area contributed by atoms with Crippen molar-refractivity contribution < 1.29 is 18.7 Å². The number of benzene rings is 3. The van der Waals surface area contributed by atoms with Crippen LogP contribution < -0.4 is 14.4 Å². The monoisotopic (exact) mass is 577 g/mol. The van der Waals surface area contributed by atoms with Gasteiger partial charge in [0.2, 0.25) is 0 Å². The van der Waals surface area contributed by atoms with Crippen LogP contribution in [0.1, 0.15) is 11.1 Å². The molecule has 3 aromatic rings. The van der Waals surface area contributed by atoms with Crippen molar-refractivity contribution in [3.05, 3.63) is 92.1 Å². The molecule has 1 aliphatic heterocycles. The van der Waals surface area contributed by atoms with E-state index in [9.17, 15) is 9.18 Å². The van der Waals surface area contributed by atoms with Gasteiger partial charge in [0.05, 0.1) is 21.3 Å². The second-order valence-electron chi connectivity index (χ2n) is 6.80. The predicted molar refractivity (Wildman–Crippen MR) is 139 cm³/mol. The Labute approximate surface area is 208 Å². The average Bonchev–Trinajstić information content (AvgIpc) is 3.07. The highest BCUT2D eigenvalue weighted by atomic mass is 127. The molecule has 0 saturated carbocycles. The molecule has 1 amide bonds. The Morgan fingerprint density at radius 3 is 2.53 bits per heavy atom. The summed E-state index contributed by atoms with van der Waals surface area (Å²) in [7, 11) is 1.56. The maximum Gasteiger partial charge on any atom is 0.270 e. The number of thiocarbonyl (C=S) groups is 1. The van der Waals surface area contributed by atoms with Crippen molar-refractivity contribution in [2.24, 2.45) is 0 Å². The maximum atomic E-state index is 13.1. The van der Waals surface area contributed by atoms with Gasteiger partial charge in [-0.15, -0.1) is 0 Å². The largest absolute Gasteiger partial charge is 0.493 e. The van der Waals surface area contributed by atoms with Gasteiger partial charge in [0.15, 0.2) is 15.8 Å². The van der Waals surface area contributed by atoms with Crippen LogP contribution >= 0.6 is 46.6 Å². The molecule has 162 valence electrons. The van der Waals surface area contributed by atoms with Crippen LogP contribution in [0.2, 0.25) is 0 Å². The van der Waals surface area contributed by atoms with Crippen molar-refractivity contribution in [1.29, 1.82) is 0 Å². The molecule has 1 heterocycles. The Kier molecular flexibility index (Phi) is 7.12. The fraction of sp³-hybridized carbons (Fsp3) is 0.0833. The van der Waals surface area contributed by atoms with Crippen LogP contribution in [0.5, 0.6) is 11.5 Å². The van der Waals surface area contributed by atoms with E-state index < -0.39 is 0 Å². The summed E-state index contributed by atoms with van der Waals surface area (Å²) in [5, 5.41) is 0. The van der Waals surface area contributed by atoms with Crippen LogP contribution in [0.4, 0.5) is 10.1 Å². The molecular weight excluding hydrogens is 560 g/mol. The van der Waals surface area contributed by atoms with E-state index in [4.69, 9.17) is 21.7 Å². The Hall–Kier alpha value is -2.43. The predicted octanol–water partition coefficient (Wildman–Crippen LogP) is 6.42. The standard InChI is InChI=1S/C24H17FINO3S2/c1-29-20-12-16(11-19(26)22(20)30-14-15-7-9-17(25)10-8-15)13-21-23(28)27(24(31)32-21)18-5-3-2-4-6-18/h2-13H,14H2,1H3. The van der Waals surface area contributed by atoms with Gasteiger partial charge in [-0.05, 0) is 76.2 Å². The molecule has 1 aliphatic rings. The zero-order valence-electron chi connectivity index (χ0n) is 16.9. The number of para-hydroxylation sites is 1. The normalized spacial score (nSPS) is 14.8. The lowest BCUT2D eigenvalue weighted by molar-refractivity contribution is -0.113. The second kappa shape index (κ2) is 10.0. The number of nitrogens with zero attached hydrogens (tertiary/aromatic N) is 1. The molecule has 8 heteroatoms. The summed E-state index contributed by atoms with van der Waals surface area (Å²) in [6.45, 7) is 0.279. The topological polar surface area (TPSA) is 38.8 Å². The van der Waals surface area contributed by atoms with Gasteiger partial charge in [-0.1, -0.05) is 54.3 Å². The SMILES string of the molecule is COc1cc(C=C2SC(=S)N(c3ccccc3)C2=O)cc(I)c1OCc1ccc(F)cc1. The van der Waals surface area contributed by atoms with E-state index in [1.54, 1.807) is 25.3 Å². The van der Waals surface area contributed by atoms with Crippen LogP contribution in [0.15, 0.2) is 71.6 Å². The molecule has 0 spiro atoms. The van der Waals surface area contributed by atoms with Crippen LogP contribution in [0, 0.1) is 9.39 Å². The highest BCUT2D eigenvalue weighted by molar-refractivity contribution is 14.1. The highest BCUT2D eigenvalue weighted by Crippen LogP contribution is 2.39. The number of carbonyl (C=O) groups excluding carboxylic acids is 1. The third-order valence-electron chi connectivity index (χ3n) is 4.65. The Bertz CT molecular complexity index is 1200. The summed E-state index contributed by atoms with van der Waals surface area (Å²) < 4.78 is 25.9. The average molecular weight is 577 g/mol. The van der Waals surface area contributed by atoms with Gasteiger partial charge < -0.3 is 9.47 Å². The minimum atomic E-state index is -0.289. The number of methoxy groups -OCH3 is 1. The van der Waals surface area contributed by atoms with E-state index in [0.717, 1.165) is 20.4 Å². The smallest absolute Gasteiger partial charge is 0.270 e. The van der Waals surface area contributed by atoms with Crippen molar-refractivity contribution in [3.63, 3.8) is 0 Å². The number of carbonyl (C=O) groups is 1. The van der Waals surface area contributed by atoms with E-state index in [1.165, 1.54) is 28.8 Å². The number of thioether (sulfide) groups is 1. The summed E-state index contributed by atoms with van der Waals surface area (Å²) in [5.41, 5.74) is 2.39. The van der Waals surface area contributed by atoms with Crippen LogP contribution in [0.25, 0.3) is 6.08 Å². The molecule has 0 radical (unpaired) electrons. The summed E-state index contributed by atoms with van der Waals surface area (Å²) in [6, 6.07) is 19.2. The van der Waals surface area contributed by atoms with E-state index in [0.29, 0.717) is 20.7 Å². The van der Waals surface area contributed by atoms with Gasteiger partial charge in [0.1, 0.15) is 12.4 Å². The van der Waals surface area contributed by atoms with Crippen LogP contribution in [-0.2, 0) is 11.4 Å². The number of amides is 1. The molecule has 32 heavy (non-hydrogen) atoms. The summed E-state index contributed by atoms with van der Waals surface area (Å²) >= 11 is 8.87. The number of hydrogen-bond donors (Lipinski definition) is 0. The zero-order chi connectivity index (χ0) is 22.7. The number of hydrogen-bond acceptors (Lipinski definition) is 5. The lowest BCUT2D eigenvalue weighted by Gasteiger charge is -2.14. The molecular formula is C24H17FINO3S2. The van der Waals surface area contributed by atoms with E-state index in [-0.39, 0.29) is 18.3 Å². The molecule has 3 aromatic carbocycles. The van der Waals surface area contributed by atoms with Crippen LogP contribution in [0.3, 0.4) is 0 Å². The second-order valence-corrected chi connectivity index (χ2v) is 9.64. The highest BCUT2D eigenvalue weighted by Gasteiger charge is 2.33. The lowest BCUT2D eigenvalue weighted by Crippen LogP contribution is -2.27. The van der Waals surface area contributed by atoms with Crippen molar-refractivity contribution in [2.45, 2.75) is 6.61 Å². The van der Waals surface area contributed by atoms with E-state index in [2.05, 4.69) is 22.6 Å². The van der Waals surface area contributed by atoms with Crippen molar-refractivity contribution in [1.82, 2.24) is 0 Å². The number of ether oxygens (including phenoxy) is 2. The van der Waals surface area contributed by atoms with Crippen molar-refractivity contribution in [3.8, 4) is 11.5 Å². The summed E-state index contributed by atoms with van der Waals surface area (Å²) in [4.78, 5) is 15.0. The zero-order valence-corrected chi connectivity index (χ0v) is 20.7. The molecule has 1 saturated heterocycles. The Morgan fingerprint density at radius 2 is 1.84 bits per heavy atom. The van der Waals surface area contributed by atoms with E-state index >= 15 is 0 Å². The Balaban J connectivity index is 1.57. The lowest BCUT2D eigenvalue weighted by atomic mass is 10.1. The van der Waals surface area contributed by atoms with Crippen molar-refractivity contribution in [2.75, 3.05) is 12.0 Å².